The zero-order chi connectivity index (χ0) is 10.6. The van der Waals surface area contributed by atoms with E-state index in [0.717, 1.165) is 0 Å². The van der Waals surface area contributed by atoms with Crippen LogP contribution in [0.4, 0.5) is 0 Å². The molecule has 0 spiro atoms. The molecule has 0 heterocycles. The van der Waals surface area contributed by atoms with Crippen LogP contribution in [-0.4, -0.2) is 25.0 Å². The van der Waals surface area contributed by atoms with Crippen molar-refractivity contribution in [3.8, 4) is 0 Å². The normalized spacial score (nSPS) is 11.3. The SMILES string of the molecule is C[S+](C)Cc1ccc(C[S+](C)C)cc1. The van der Waals surface area contributed by atoms with Crippen LogP contribution in [0.15, 0.2) is 24.3 Å². The summed E-state index contributed by atoms with van der Waals surface area (Å²) in [5.41, 5.74) is 2.96. The third kappa shape index (κ3) is 4.43. The van der Waals surface area contributed by atoms with Gasteiger partial charge in [0.25, 0.3) is 0 Å². The highest BCUT2D eigenvalue weighted by atomic mass is 32.2. The van der Waals surface area contributed by atoms with Gasteiger partial charge in [-0.25, -0.2) is 0 Å². The summed E-state index contributed by atoms with van der Waals surface area (Å²) in [6, 6.07) is 9.15. The highest BCUT2D eigenvalue weighted by Crippen LogP contribution is 2.10. The Labute approximate surface area is 93.8 Å². The average molecular weight is 228 g/mol. The highest BCUT2D eigenvalue weighted by molar-refractivity contribution is 7.95. The fourth-order valence-electron chi connectivity index (χ4n) is 1.40. The van der Waals surface area contributed by atoms with Gasteiger partial charge in [-0.2, -0.15) is 0 Å². The lowest BCUT2D eigenvalue weighted by atomic mass is 10.2. The molecule has 0 unspecified atom stereocenters. The van der Waals surface area contributed by atoms with Crippen LogP contribution in [0.25, 0.3) is 0 Å². The van der Waals surface area contributed by atoms with Crippen molar-refractivity contribution >= 4 is 21.8 Å². The molecule has 0 amide bonds. The first-order chi connectivity index (χ1) is 6.58. The van der Waals surface area contributed by atoms with E-state index in [0.29, 0.717) is 21.8 Å². The van der Waals surface area contributed by atoms with Crippen molar-refractivity contribution in [2.45, 2.75) is 11.5 Å². The van der Waals surface area contributed by atoms with E-state index in [9.17, 15) is 0 Å². The Balaban J connectivity index is 2.59. The van der Waals surface area contributed by atoms with Crippen LogP contribution in [0.5, 0.6) is 0 Å². The first kappa shape index (κ1) is 12.0. The monoisotopic (exact) mass is 228 g/mol. The molecule has 0 bridgehead atoms. The summed E-state index contributed by atoms with van der Waals surface area (Å²) in [6.07, 6.45) is 9.18. The van der Waals surface area contributed by atoms with Gasteiger partial charge < -0.3 is 0 Å². The van der Waals surface area contributed by atoms with Gasteiger partial charge in [0.1, 0.15) is 11.5 Å². The molecule has 0 aliphatic rings. The molecule has 0 fully saturated rings. The number of benzene rings is 1. The second-order valence-corrected chi connectivity index (χ2v) is 8.60. The van der Waals surface area contributed by atoms with Gasteiger partial charge >= 0.3 is 0 Å². The van der Waals surface area contributed by atoms with Crippen LogP contribution in [-0.2, 0) is 33.3 Å². The molecule has 1 aromatic carbocycles. The second-order valence-electron chi connectivity index (χ2n) is 4.08. The molecule has 78 valence electrons. The summed E-state index contributed by atoms with van der Waals surface area (Å²) in [4.78, 5) is 0. The van der Waals surface area contributed by atoms with E-state index in [1.54, 1.807) is 0 Å². The van der Waals surface area contributed by atoms with Gasteiger partial charge in [0.05, 0.1) is 25.0 Å². The van der Waals surface area contributed by atoms with Crippen LogP contribution in [0, 0.1) is 0 Å². The van der Waals surface area contributed by atoms with Crippen molar-refractivity contribution in [1.29, 1.82) is 0 Å². The second kappa shape index (κ2) is 5.72. The van der Waals surface area contributed by atoms with Gasteiger partial charge in [-0.3, -0.25) is 0 Å². The molecule has 1 aromatic rings. The van der Waals surface area contributed by atoms with Crippen molar-refractivity contribution < 1.29 is 0 Å². The fourth-order valence-corrected chi connectivity index (χ4v) is 3.12. The minimum absolute atomic E-state index is 0.518. The summed E-state index contributed by atoms with van der Waals surface area (Å²) in [6.45, 7) is 0. The summed E-state index contributed by atoms with van der Waals surface area (Å²) >= 11 is 0. The molecule has 0 aliphatic heterocycles. The minimum atomic E-state index is 0.518. The largest absolute Gasteiger partial charge is 0.132 e. The van der Waals surface area contributed by atoms with Crippen LogP contribution >= 0.6 is 0 Å². The minimum Gasteiger partial charge on any atom is -0.0539 e. The molecule has 0 radical (unpaired) electrons. The first-order valence-electron chi connectivity index (χ1n) is 4.74. The van der Waals surface area contributed by atoms with E-state index in [1.165, 1.54) is 22.6 Å². The standard InChI is InChI=1S/C12H20S2/c1-13(2)9-11-5-7-12(8-6-11)10-14(3)4/h5-8H,9-10H2,1-4H3/q+2. The molecule has 0 aliphatic carbocycles. The maximum absolute atomic E-state index is 2.30. The predicted octanol–water partition coefficient (Wildman–Crippen LogP) is 2.44. The smallest absolute Gasteiger partial charge is 0.0539 e. The molecule has 0 N–H and O–H groups in total. The predicted molar refractivity (Wildman–Crippen MR) is 72.3 cm³/mol. The van der Waals surface area contributed by atoms with Gasteiger partial charge in [0.2, 0.25) is 0 Å². The quantitative estimate of drug-likeness (QED) is 0.695. The molecule has 0 saturated heterocycles. The zero-order valence-corrected chi connectivity index (χ0v) is 11.2. The van der Waals surface area contributed by atoms with Crippen molar-refractivity contribution in [2.75, 3.05) is 25.0 Å². The van der Waals surface area contributed by atoms with Crippen LogP contribution < -0.4 is 0 Å². The van der Waals surface area contributed by atoms with Gasteiger partial charge in [0.15, 0.2) is 0 Å². The van der Waals surface area contributed by atoms with E-state index in [2.05, 4.69) is 49.3 Å². The third-order valence-corrected chi connectivity index (χ3v) is 3.76. The summed E-state index contributed by atoms with van der Waals surface area (Å²) < 4.78 is 0. The maximum atomic E-state index is 2.30. The Kier molecular flexibility index (Phi) is 4.90. The van der Waals surface area contributed by atoms with Crippen molar-refractivity contribution in [3.63, 3.8) is 0 Å². The first-order valence-corrected chi connectivity index (χ1v) is 9.16. The van der Waals surface area contributed by atoms with Crippen LogP contribution in [0.3, 0.4) is 0 Å². The molecular weight excluding hydrogens is 208 g/mol. The van der Waals surface area contributed by atoms with Crippen LogP contribution in [0.1, 0.15) is 11.1 Å². The maximum Gasteiger partial charge on any atom is 0.132 e. The number of rotatable bonds is 4. The zero-order valence-electron chi connectivity index (χ0n) is 9.54. The lowest BCUT2D eigenvalue weighted by Gasteiger charge is -2.01. The van der Waals surface area contributed by atoms with Crippen molar-refractivity contribution in [3.05, 3.63) is 35.4 Å². The van der Waals surface area contributed by atoms with Gasteiger partial charge in [-0.05, 0) is 21.8 Å². The van der Waals surface area contributed by atoms with E-state index >= 15 is 0 Å². The third-order valence-electron chi connectivity index (χ3n) is 1.93. The van der Waals surface area contributed by atoms with Gasteiger partial charge in [0, 0.05) is 11.1 Å². The topological polar surface area (TPSA) is 0 Å². The Hall–Kier alpha value is -0.0800. The van der Waals surface area contributed by atoms with E-state index in [1.807, 2.05) is 0 Å². The van der Waals surface area contributed by atoms with Crippen molar-refractivity contribution in [1.82, 2.24) is 0 Å². The Morgan fingerprint density at radius 2 is 1.00 bits per heavy atom. The summed E-state index contributed by atoms with van der Waals surface area (Å²) in [5, 5.41) is 0. The molecule has 2 heteroatoms. The molecule has 0 saturated carbocycles. The highest BCUT2D eigenvalue weighted by Gasteiger charge is 2.07. The molecule has 1 rings (SSSR count). The summed E-state index contributed by atoms with van der Waals surface area (Å²) in [5.74, 6) is 2.45. The van der Waals surface area contributed by atoms with E-state index < -0.39 is 0 Å². The van der Waals surface area contributed by atoms with Gasteiger partial charge in [-0.1, -0.05) is 24.3 Å². The number of hydrogen-bond donors (Lipinski definition) is 0. The van der Waals surface area contributed by atoms with Crippen molar-refractivity contribution in [2.24, 2.45) is 0 Å². The molecule has 0 nitrogen and oxygen atoms in total. The van der Waals surface area contributed by atoms with Gasteiger partial charge in [-0.15, -0.1) is 0 Å². The molecular formula is C12H20S2+2. The molecule has 0 atom stereocenters. The number of hydrogen-bond acceptors (Lipinski definition) is 0. The lowest BCUT2D eigenvalue weighted by molar-refractivity contribution is 1.33. The van der Waals surface area contributed by atoms with E-state index in [4.69, 9.17) is 0 Å². The molecule has 0 aromatic heterocycles. The Bertz CT molecular complexity index is 233. The summed E-state index contributed by atoms with van der Waals surface area (Å²) in [7, 11) is 1.04. The Morgan fingerprint density at radius 3 is 1.21 bits per heavy atom. The van der Waals surface area contributed by atoms with Crippen LogP contribution in [0.2, 0.25) is 0 Å². The average Bonchev–Trinajstić information content (AvgIpc) is 2.06. The van der Waals surface area contributed by atoms with E-state index in [-0.39, 0.29) is 0 Å². The Morgan fingerprint density at radius 1 is 0.714 bits per heavy atom. The fraction of sp³-hybridized carbons (Fsp3) is 0.500. The lowest BCUT2D eigenvalue weighted by Crippen LogP contribution is -2.01. The molecule has 14 heavy (non-hydrogen) atoms.